The summed E-state index contributed by atoms with van der Waals surface area (Å²) in [7, 11) is 0. The van der Waals surface area contributed by atoms with E-state index in [0.717, 1.165) is 12.8 Å². The summed E-state index contributed by atoms with van der Waals surface area (Å²) in [5, 5.41) is 17.8. The fourth-order valence-electron chi connectivity index (χ4n) is 2.35. The van der Waals surface area contributed by atoms with Crippen molar-refractivity contribution in [3.05, 3.63) is 12.2 Å². The Kier molecular flexibility index (Phi) is 1.62. The number of nitriles is 2. The van der Waals surface area contributed by atoms with E-state index < -0.39 is 0 Å². The molecule has 3 rings (SSSR count). The fourth-order valence-corrected chi connectivity index (χ4v) is 2.35. The van der Waals surface area contributed by atoms with Crippen LogP contribution in [0.1, 0.15) is 12.8 Å². The molecule has 3 aliphatic carbocycles. The highest BCUT2D eigenvalue weighted by molar-refractivity contribution is 5.18. The molecule has 2 bridgehead atoms. The third-order valence-electron chi connectivity index (χ3n) is 3.05. The Morgan fingerprint density at radius 1 is 0.917 bits per heavy atom. The first-order valence-electron chi connectivity index (χ1n) is 4.34. The van der Waals surface area contributed by atoms with Crippen LogP contribution in [0.25, 0.3) is 0 Å². The Bertz CT molecular complexity index is 262. The Labute approximate surface area is 72.1 Å². The standard InChI is InChI=1S/C10H10N2/c11-5-9-7-1-2-8(4-3-7)10(9)6-12/h1-2,7-10H,3-4H2/t7-,8-,9-,10+/m1/s1. The minimum absolute atomic E-state index is 0.0428. The van der Waals surface area contributed by atoms with Crippen molar-refractivity contribution in [2.24, 2.45) is 23.7 Å². The summed E-state index contributed by atoms with van der Waals surface area (Å²) < 4.78 is 0. The summed E-state index contributed by atoms with van der Waals surface area (Å²) in [6.07, 6.45) is 6.43. The molecular formula is C10H10N2. The summed E-state index contributed by atoms with van der Waals surface area (Å²) in [6, 6.07) is 4.53. The molecule has 4 atom stereocenters. The van der Waals surface area contributed by atoms with Gasteiger partial charge < -0.3 is 0 Å². The van der Waals surface area contributed by atoms with Gasteiger partial charge in [0.1, 0.15) is 0 Å². The summed E-state index contributed by atoms with van der Waals surface area (Å²) in [4.78, 5) is 0. The largest absolute Gasteiger partial charge is 0.198 e. The highest BCUT2D eigenvalue weighted by Gasteiger charge is 2.40. The smallest absolute Gasteiger partial charge is 0.0689 e. The molecule has 12 heavy (non-hydrogen) atoms. The van der Waals surface area contributed by atoms with Gasteiger partial charge in [0, 0.05) is 0 Å². The first-order chi connectivity index (χ1) is 5.86. The van der Waals surface area contributed by atoms with Crippen molar-refractivity contribution in [2.45, 2.75) is 12.8 Å². The molecule has 0 amide bonds. The molecule has 0 aromatic carbocycles. The van der Waals surface area contributed by atoms with Crippen molar-refractivity contribution >= 4 is 0 Å². The molecule has 0 aromatic rings. The van der Waals surface area contributed by atoms with Gasteiger partial charge in [-0.15, -0.1) is 0 Å². The maximum absolute atomic E-state index is 8.88. The first-order valence-corrected chi connectivity index (χ1v) is 4.34. The highest BCUT2D eigenvalue weighted by Crippen LogP contribution is 2.43. The third-order valence-corrected chi connectivity index (χ3v) is 3.05. The van der Waals surface area contributed by atoms with Gasteiger partial charge in [-0.3, -0.25) is 0 Å². The van der Waals surface area contributed by atoms with Crippen molar-refractivity contribution in [2.75, 3.05) is 0 Å². The number of hydrogen-bond acceptors (Lipinski definition) is 2. The molecule has 0 N–H and O–H groups in total. The molecule has 0 radical (unpaired) electrons. The third kappa shape index (κ3) is 0.850. The zero-order chi connectivity index (χ0) is 8.55. The predicted octanol–water partition coefficient (Wildman–Crippen LogP) is 1.86. The number of nitrogens with zero attached hydrogens (tertiary/aromatic N) is 2. The zero-order valence-electron chi connectivity index (χ0n) is 6.77. The molecule has 0 saturated heterocycles. The molecule has 3 aliphatic rings. The number of hydrogen-bond donors (Lipinski definition) is 0. The molecule has 0 aliphatic heterocycles. The van der Waals surface area contributed by atoms with Gasteiger partial charge in [-0.05, 0) is 24.7 Å². The molecule has 0 aromatic heterocycles. The molecule has 0 heterocycles. The van der Waals surface area contributed by atoms with Crippen LogP contribution in [0.5, 0.6) is 0 Å². The lowest BCUT2D eigenvalue weighted by Gasteiger charge is -2.38. The van der Waals surface area contributed by atoms with Gasteiger partial charge in [0.2, 0.25) is 0 Å². The molecule has 1 saturated carbocycles. The van der Waals surface area contributed by atoms with E-state index >= 15 is 0 Å². The van der Waals surface area contributed by atoms with Crippen LogP contribution in [-0.4, -0.2) is 0 Å². The van der Waals surface area contributed by atoms with Crippen LogP contribution in [0, 0.1) is 46.3 Å². The molecule has 2 heteroatoms. The van der Waals surface area contributed by atoms with Crippen molar-refractivity contribution in [1.29, 1.82) is 10.5 Å². The van der Waals surface area contributed by atoms with Gasteiger partial charge in [0.25, 0.3) is 0 Å². The molecule has 0 unspecified atom stereocenters. The first kappa shape index (κ1) is 7.37. The Balaban J connectivity index is 2.33. The summed E-state index contributed by atoms with van der Waals surface area (Å²) in [5.74, 6) is 0.617. The molecular weight excluding hydrogens is 148 g/mol. The van der Waals surface area contributed by atoms with Gasteiger partial charge in [-0.2, -0.15) is 10.5 Å². The van der Waals surface area contributed by atoms with E-state index in [1.54, 1.807) is 0 Å². The van der Waals surface area contributed by atoms with Gasteiger partial charge in [-0.25, -0.2) is 0 Å². The predicted molar refractivity (Wildman–Crippen MR) is 43.6 cm³/mol. The lowest BCUT2D eigenvalue weighted by atomic mass is 9.63. The van der Waals surface area contributed by atoms with Crippen LogP contribution < -0.4 is 0 Å². The number of allylic oxidation sites excluding steroid dienone is 2. The number of fused-ring (bicyclic) bond motifs is 2. The van der Waals surface area contributed by atoms with E-state index in [9.17, 15) is 0 Å². The Morgan fingerprint density at radius 2 is 1.33 bits per heavy atom. The van der Waals surface area contributed by atoms with E-state index in [4.69, 9.17) is 10.5 Å². The lowest BCUT2D eigenvalue weighted by molar-refractivity contribution is 0.209. The minimum atomic E-state index is -0.0428. The second-order valence-electron chi connectivity index (χ2n) is 3.60. The summed E-state index contributed by atoms with van der Waals surface area (Å²) >= 11 is 0. The van der Waals surface area contributed by atoms with Crippen LogP contribution in [0.4, 0.5) is 0 Å². The number of rotatable bonds is 0. The van der Waals surface area contributed by atoms with Crippen LogP contribution in [-0.2, 0) is 0 Å². The fraction of sp³-hybridized carbons (Fsp3) is 0.600. The summed E-state index contributed by atoms with van der Waals surface area (Å²) in [6.45, 7) is 0. The van der Waals surface area contributed by atoms with Crippen LogP contribution >= 0.6 is 0 Å². The van der Waals surface area contributed by atoms with E-state index in [-0.39, 0.29) is 11.8 Å². The van der Waals surface area contributed by atoms with Gasteiger partial charge in [-0.1, -0.05) is 12.2 Å². The zero-order valence-corrected chi connectivity index (χ0v) is 6.77. The lowest BCUT2D eigenvalue weighted by Crippen LogP contribution is -2.35. The van der Waals surface area contributed by atoms with Gasteiger partial charge in [0.05, 0.1) is 24.0 Å². The van der Waals surface area contributed by atoms with Crippen molar-refractivity contribution in [1.82, 2.24) is 0 Å². The normalized spacial score (nSPS) is 43.5. The van der Waals surface area contributed by atoms with Gasteiger partial charge in [0.15, 0.2) is 0 Å². The quantitative estimate of drug-likeness (QED) is 0.505. The Morgan fingerprint density at radius 3 is 1.58 bits per heavy atom. The second kappa shape index (κ2) is 2.64. The maximum Gasteiger partial charge on any atom is 0.0689 e. The average molecular weight is 158 g/mol. The van der Waals surface area contributed by atoms with E-state index in [1.165, 1.54) is 0 Å². The SMILES string of the molecule is N#C[C@@H]1[C@H](C#N)[C@@H]2C=C[C@@H]1CC2. The van der Waals surface area contributed by atoms with E-state index in [1.807, 2.05) is 0 Å². The molecule has 60 valence electrons. The van der Waals surface area contributed by atoms with E-state index in [2.05, 4.69) is 24.3 Å². The van der Waals surface area contributed by atoms with Crippen molar-refractivity contribution in [3.8, 4) is 12.1 Å². The molecule has 2 nitrogen and oxygen atoms in total. The highest BCUT2D eigenvalue weighted by atomic mass is 14.5. The second-order valence-corrected chi connectivity index (χ2v) is 3.60. The topological polar surface area (TPSA) is 47.6 Å². The molecule has 0 spiro atoms. The maximum atomic E-state index is 8.88. The Hall–Kier alpha value is -1.28. The van der Waals surface area contributed by atoms with Crippen molar-refractivity contribution < 1.29 is 0 Å². The molecule has 1 fully saturated rings. The summed E-state index contributed by atoms with van der Waals surface area (Å²) in [5.41, 5.74) is 0. The van der Waals surface area contributed by atoms with Crippen LogP contribution in [0.2, 0.25) is 0 Å². The van der Waals surface area contributed by atoms with Crippen LogP contribution in [0.15, 0.2) is 12.2 Å². The van der Waals surface area contributed by atoms with Gasteiger partial charge >= 0.3 is 0 Å². The monoisotopic (exact) mass is 158 g/mol. The average Bonchev–Trinajstić information content (AvgIpc) is 2.18. The minimum Gasteiger partial charge on any atom is -0.198 e. The van der Waals surface area contributed by atoms with E-state index in [0.29, 0.717) is 11.8 Å². The van der Waals surface area contributed by atoms with Crippen LogP contribution in [0.3, 0.4) is 0 Å². The van der Waals surface area contributed by atoms with Crippen molar-refractivity contribution in [3.63, 3.8) is 0 Å².